The molecule has 1 unspecified atom stereocenters. The van der Waals surface area contributed by atoms with Gasteiger partial charge in [0, 0.05) is 19.7 Å². The molecule has 0 bridgehead atoms. The smallest absolute Gasteiger partial charge is 0.161 e. The van der Waals surface area contributed by atoms with Crippen LogP contribution in [0.25, 0.3) is 0 Å². The molecule has 2 aromatic rings. The first-order chi connectivity index (χ1) is 9.43. The van der Waals surface area contributed by atoms with Gasteiger partial charge in [-0.3, -0.25) is 0 Å². The van der Waals surface area contributed by atoms with Crippen molar-refractivity contribution in [3.8, 4) is 0 Å². The van der Waals surface area contributed by atoms with Crippen LogP contribution in [-0.4, -0.2) is 7.05 Å². The van der Waals surface area contributed by atoms with Crippen LogP contribution in [0.2, 0.25) is 0 Å². The van der Waals surface area contributed by atoms with Gasteiger partial charge in [-0.25, -0.2) is 13.2 Å². The van der Waals surface area contributed by atoms with Crippen LogP contribution in [0.15, 0.2) is 34.8 Å². The van der Waals surface area contributed by atoms with Gasteiger partial charge in [0.1, 0.15) is 5.82 Å². The molecule has 2 rings (SSSR count). The number of hydrogen-bond acceptors (Lipinski definition) is 1. The molecule has 0 heterocycles. The molecule has 1 nitrogen and oxygen atoms in total. The Morgan fingerprint density at radius 1 is 1.00 bits per heavy atom. The summed E-state index contributed by atoms with van der Waals surface area (Å²) in [5, 5.41) is 2.93. The van der Waals surface area contributed by atoms with E-state index in [-0.39, 0.29) is 5.56 Å². The molecule has 0 saturated heterocycles. The highest BCUT2D eigenvalue weighted by Gasteiger charge is 2.21. The Kier molecular flexibility index (Phi) is 5.09. The lowest BCUT2D eigenvalue weighted by atomic mass is 9.98. The largest absolute Gasteiger partial charge is 0.309 e. The predicted octanol–water partition coefficient (Wildman–Crippen LogP) is 4.78. The maximum absolute atomic E-state index is 13.9. The van der Waals surface area contributed by atoms with Crippen molar-refractivity contribution >= 4 is 38.5 Å². The van der Waals surface area contributed by atoms with Gasteiger partial charge in [0.25, 0.3) is 0 Å². The van der Waals surface area contributed by atoms with Crippen molar-refractivity contribution in [3.05, 3.63) is 67.0 Å². The minimum absolute atomic E-state index is 0.0640. The van der Waals surface area contributed by atoms with E-state index in [1.165, 1.54) is 0 Å². The molecule has 0 saturated carbocycles. The molecule has 0 aliphatic heterocycles. The average molecular weight is 456 g/mol. The van der Waals surface area contributed by atoms with Crippen molar-refractivity contribution in [1.82, 2.24) is 5.32 Å². The van der Waals surface area contributed by atoms with Crippen molar-refractivity contribution in [1.29, 1.82) is 0 Å². The summed E-state index contributed by atoms with van der Waals surface area (Å²) in [6.07, 6.45) is 0. The standard InChI is InChI=1S/C14H10BrF3IN/c1-20-14(8-4-7(19)2-3-10(8)15)9-5-12(17)13(18)6-11(9)16/h2-6,14,20H,1H3. The van der Waals surface area contributed by atoms with Crippen LogP contribution in [-0.2, 0) is 0 Å². The van der Waals surface area contributed by atoms with E-state index in [0.29, 0.717) is 6.07 Å². The second kappa shape index (κ2) is 6.44. The third kappa shape index (κ3) is 3.17. The number of nitrogens with one attached hydrogen (secondary N) is 1. The minimum atomic E-state index is -1.19. The minimum Gasteiger partial charge on any atom is -0.309 e. The molecule has 1 atom stereocenters. The molecule has 0 aliphatic rings. The number of benzene rings is 2. The zero-order valence-corrected chi connectivity index (χ0v) is 14.1. The topological polar surface area (TPSA) is 12.0 Å². The van der Waals surface area contributed by atoms with Gasteiger partial charge in [0.05, 0.1) is 6.04 Å². The first kappa shape index (κ1) is 15.8. The molecule has 0 fully saturated rings. The third-order valence-electron chi connectivity index (χ3n) is 2.91. The van der Waals surface area contributed by atoms with E-state index >= 15 is 0 Å². The van der Waals surface area contributed by atoms with Gasteiger partial charge < -0.3 is 5.32 Å². The van der Waals surface area contributed by atoms with Gasteiger partial charge in [-0.2, -0.15) is 0 Å². The summed E-state index contributed by atoms with van der Waals surface area (Å²) in [6, 6.07) is 6.46. The van der Waals surface area contributed by atoms with Crippen molar-refractivity contribution in [2.75, 3.05) is 7.05 Å². The van der Waals surface area contributed by atoms with E-state index in [0.717, 1.165) is 19.7 Å². The third-order valence-corrected chi connectivity index (χ3v) is 4.30. The Bertz CT molecular complexity index is 649. The van der Waals surface area contributed by atoms with Gasteiger partial charge in [-0.05, 0) is 59.5 Å². The lowest BCUT2D eigenvalue weighted by Crippen LogP contribution is -2.20. The van der Waals surface area contributed by atoms with Crippen molar-refractivity contribution in [3.63, 3.8) is 0 Å². The molecular weight excluding hydrogens is 446 g/mol. The van der Waals surface area contributed by atoms with Crippen molar-refractivity contribution < 1.29 is 13.2 Å². The zero-order chi connectivity index (χ0) is 14.9. The number of halogens is 5. The Morgan fingerprint density at radius 3 is 2.30 bits per heavy atom. The lowest BCUT2D eigenvalue weighted by molar-refractivity contribution is 0.483. The molecule has 2 aromatic carbocycles. The van der Waals surface area contributed by atoms with Crippen LogP contribution in [0, 0.1) is 21.0 Å². The summed E-state index contributed by atoms with van der Waals surface area (Å²) in [5.41, 5.74) is 0.818. The SMILES string of the molecule is CNC(c1cc(F)c(F)cc1F)c1cc(I)ccc1Br. The van der Waals surface area contributed by atoms with Crippen LogP contribution >= 0.6 is 38.5 Å². The van der Waals surface area contributed by atoms with E-state index in [1.807, 2.05) is 18.2 Å². The van der Waals surface area contributed by atoms with Crippen LogP contribution in [0.5, 0.6) is 0 Å². The molecule has 6 heteroatoms. The van der Waals surface area contributed by atoms with Gasteiger partial charge in [0.15, 0.2) is 11.6 Å². The lowest BCUT2D eigenvalue weighted by Gasteiger charge is -2.20. The van der Waals surface area contributed by atoms with Crippen LogP contribution in [0.4, 0.5) is 13.2 Å². The summed E-state index contributed by atoms with van der Waals surface area (Å²) in [6.45, 7) is 0. The van der Waals surface area contributed by atoms with Crippen LogP contribution in [0.1, 0.15) is 17.2 Å². The molecule has 0 radical (unpaired) electrons. The quantitative estimate of drug-likeness (QED) is 0.518. The highest BCUT2D eigenvalue weighted by Crippen LogP contribution is 2.32. The van der Waals surface area contributed by atoms with E-state index in [9.17, 15) is 13.2 Å². The summed E-state index contributed by atoms with van der Waals surface area (Å²) < 4.78 is 42.0. The van der Waals surface area contributed by atoms with Crippen LogP contribution < -0.4 is 5.32 Å². The van der Waals surface area contributed by atoms with E-state index < -0.39 is 23.5 Å². The van der Waals surface area contributed by atoms with Gasteiger partial charge in [-0.1, -0.05) is 15.9 Å². The summed E-state index contributed by atoms with van der Waals surface area (Å²) in [7, 11) is 1.64. The van der Waals surface area contributed by atoms with E-state index in [1.54, 1.807) is 7.05 Å². The second-order valence-corrected chi connectivity index (χ2v) is 6.28. The highest BCUT2D eigenvalue weighted by atomic mass is 127. The van der Waals surface area contributed by atoms with Gasteiger partial charge in [0.2, 0.25) is 0 Å². The van der Waals surface area contributed by atoms with Crippen LogP contribution in [0.3, 0.4) is 0 Å². The number of rotatable bonds is 3. The molecular formula is C14H10BrF3IN. The van der Waals surface area contributed by atoms with Crippen molar-refractivity contribution in [2.24, 2.45) is 0 Å². The van der Waals surface area contributed by atoms with Gasteiger partial charge in [-0.15, -0.1) is 0 Å². The highest BCUT2D eigenvalue weighted by molar-refractivity contribution is 14.1. The predicted molar refractivity (Wildman–Crippen MR) is 84.1 cm³/mol. The summed E-state index contributed by atoms with van der Waals surface area (Å²) >= 11 is 5.53. The molecule has 0 spiro atoms. The zero-order valence-electron chi connectivity index (χ0n) is 10.4. The summed E-state index contributed by atoms with van der Waals surface area (Å²) in [4.78, 5) is 0. The molecule has 106 valence electrons. The van der Waals surface area contributed by atoms with E-state index in [2.05, 4.69) is 43.8 Å². The molecule has 0 aromatic heterocycles. The summed E-state index contributed by atoms with van der Waals surface area (Å²) in [5.74, 6) is -3.04. The maximum atomic E-state index is 13.9. The molecule has 1 N–H and O–H groups in total. The fraction of sp³-hybridized carbons (Fsp3) is 0.143. The average Bonchev–Trinajstić information content (AvgIpc) is 2.40. The second-order valence-electron chi connectivity index (χ2n) is 4.18. The fourth-order valence-electron chi connectivity index (χ4n) is 1.97. The Labute approximate surface area is 136 Å². The monoisotopic (exact) mass is 455 g/mol. The Morgan fingerprint density at radius 2 is 1.65 bits per heavy atom. The number of hydrogen-bond donors (Lipinski definition) is 1. The Balaban J connectivity index is 2.58. The molecule has 0 aliphatic carbocycles. The molecule has 0 amide bonds. The maximum Gasteiger partial charge on any atom is 0.161 e. The fourth-order valence-corrected chi connectivity index (χ4v) is 2.96. The first-order valence-electron chi connectivity index (χ1n) is 5.70. The van der Waals surface area contributed by atoms with E-state index in [4.69, 9.17) is 0 Å². The Hall–Kier alpha value is -0.600. The normalized spacial score (nSPS) is 12.5. The first-order valence-corrected chi connectivity index (χ1v) is 7.58. The van der Waals surface area contributed by atoms with Crippen molar-refractivity contribution in [2.45, 2.75) is 6.04 Å². The molecule has 20 heavy (non-hydrogen) atoms. The van der Waals surface area contributed by atoms with Gasteiger partial charge >= 0.3 is 0 Å².